The van der Waals surface area contributed by atoms with E-state index in [1.54, 1.807) is 0 Å². The molecule has 3 unspecified atom stereocenters. The maximum atomic E-state index is 14.7. The predicted octanol–water partition coefficient (Wildman–Crippen LogP) is 1.55. The second-order valence-corrected chi connectivity index (χ2v) is 11.2. The fourth-order valence-corrected chi connectivity index (χ4v) is 5.98. The van der Waals surface area contributed by atoms with Crippen molar-refractivity contribution >= 4 is 47.9 Å². The smallest absolute Gasteiger partial charge is 0.379 e. The van der Waals surface area contributed by atoms with Crippen LogP contribution in [0.1, 0.15) is 6.23 Å². The van der Waals surface area contributed by atoms with Gasteiger partial charge in [0.05, 0.1) is 6.61 Å². The first kappa shape index (κ1) is 27.0. The first-order chi connectivity index (χ1) is 14.0. The van der Waals surface area contributed by atoms with Gasteiger partial charge in [-0.15, -0.1) is 0 Å². The lowest BCUT2D eigenvalue weighted by Gasteiger charge is -2.28. The minimum Gasteiger partial charge on any atom is -0.379 e. The molecule has 6 N–H and O–H groups in total. The van der Waals surface area contributed by atoms with E-state index in [2.05, 4.69) is 18.1 Å². The molecule has 178 valence electrons. The van der Waals surface area contributed by atoms with Gasteiger partial charge < -0.3 is 34.4 Å². The second-order valence-electron chi connectivity index (χ2n) is 5.96. The molecule has 0 saturated carbocycles. The molecule has 31 heavy (non-hydrogen) atoms. The Bertz CT molecular complexity index is 1080. The number of hydrogen-bond acceptors (Lipinski definition) is 10. The summed E-state index contributed by atoms with van der Waals surface area (Å²) in [5.41, 5.74) is -2.82. The number of aromatic nitrogens is 2. The van der Waals surface area contributed by atoms with Gasteiger partial charge in [-0.25, -0.2) is 22.5 Å². The molecular formula is C10H15F2N2O12P3S2. The lowest BCUT2D eigenvalue weighted by Crippen LogP contribution is -2.47. The molecule has 1 aromatic rings. The second kappa shape index (κ2) is 9.52. The number of nitrogens with zero attached hydrogens (tertiary/aromatic N) is 1. The Morgan fingerprint density at radius 2 is 1.81 bits per heavy atom. The summed E-state index contributed by atoms with van der Waals surface area (Å²) < 4.78 is 79.2. The highest BCUT2D eigenvalue weighted by Crippen LogP contribution is 2.66. The van der Waals surface area contributed by atoms with Crippen molar-refractivity contribution in [1.29, 1.82) is 0 Å². The summed E-state index contributed by atoms with van der Waals surface area (Å²) in [7, 11) is -17.0. The Labute approximate surface area is 181 Å². The van der Waals surface area contributed by atoms with Crippen LogP contribution >= 0.6 is 47.9 Å². The van der Waals surface area contributed by atoms with Gasteiger partial charge in [-0.3, -0.25) is 9.09 Å². The molecule has 6 atom stereocenters. The predicted molar refractivity (Wildman–Crippen MR) is 100.0 cm³/mol. The molecule has 1 fully saturated rings. The average Bonchev–Trinajstić information content (AvgIpc) is 2.82. The molecule has 0 bridgehead atoms. The number of nitrogens with one attached hydrogen (secondary N) is 1. The van der Waals surface area contributed by atoms with Gasteiger partial charge >= 0.3 is 23.5 Å². The maximum absolute atomic E-state index is 14.7. The van der Waals surface area contributed by atoms with Crippen LogP contribution in [0.5, 0.6) is 0 Å². The number of aromatic amines is 1. The number of phosphoric acid groups is 3. The first-order valence-electron chi connectivity index (χ1n) is 7.67. The summed E-state index contributed by atoms with van der Waals surface area (Å²) in [5.74, 6) is 0. The van der Waals surface area contributed by atoms with Crippen molar-refractivity contribution < 1.29 is 65.0 Å². The number of H-pyrrole nitrogens is 1. The van der Waals surface area contributed by atoms with Crippen molar-refractivity contribution in [2.24, 2.45) is 0 Å². The molecular weight excluding hydrogens is 535 g/mol. The Morgan fingerprint density at radius 1 is 1.19 bits per heavy atom. The zero-order valence-electron chi connectivity index (χ0n) is 14.8. The number of phosphoric ester groups is 1. The summed E-state index contributed by atoms with van der Waals surface area (Å²) in [5, 5.41) is 10.4. The van der Waals surface area contributed by atoms with Crippen LogP contribution in [-0.4, -0.2) is 65.4 Å². The largest absolute Gasteiger partial charge is 0.490 e. The van der Waals surface area contributed by atoms with Gasteiger partial charge in [-0.05, 0) is 18.3 Å². The Hall–Kier alpha value is -0.290. The van der Waals surface area contributed by atoms with Crippen LogP contribution in [0.15, 0.2) is 12.3 Å². The molecule has 1 aromatic heterocycles. The summed E-state index contributed by atoms with van der Waals surface area (Å²) in [6.45, 7) is -2.91. The molecule has 2 rings (SSSR count). The maximum Gasteiger partial charge on any atom is 0.490 e. The van der Waals surface area contributed by atoms with E-state index in [4.69, 9.17) is 43.9 Å². The van der Waals surface area contributed by atoms with E-state index < -0.39 is 60.9 Å². The third kappa shape index (κ3) is 6.85. The zero-order valence-corrected chi connectivity index (χ0v) is 19.1. The molecule has 1 aliphatic rings. The van der Waals surface area contributed by atoms with E-state index >= 15 is 0 Å². The van der Waals surface area contributed by atoms with Crippen LogP contribution in [0.4, 0.5) is 8.78 Å². The fraction of sp³-hybridized carbons (Fsp3) is 0.600. The Kier molecular flexibility index (Phi) is 8.28. The number of alkyl halides is 2. The van der Waals surface area contributed by atoms with E-state index in [0.29, 0.717) is 0 Å². The molecule has 0 radical (unpaired) electrons. The molecule has 1 aliphatic heterocycles. The highest BCUT2D eigenvalue weighted by atomic mass is 32.1. The molecule has 2 heterocycles. The van der Waals surface area contributed by atoms with Crippen LogP contribution in [0.25, 0.3) is 0 Å². The van der Waals surface area contributed by atoms with E-state index in [1.807, 2.05) is 0 Å². The van der Waals surface area contributed by atoms with Crippen molar-refractivity contribution in [2.75, 3.05) is 13.3 Å². The topological polar surface area (TPSA) is 210 Å². The molecule has 0 aliphatic carbocycles. The highest BCUT2D eigenvalue weighted by molar-refractivity contribution is 7.72. The van der Waals surface area contributed by atoms with E-state index in [9.17, 15) is 32.5 Å². The average molecular weight is 550 g/mol. The molecule has 0 amide bonds. The molecule has 0 aromatic carbocycles. The van der Waals surface area contributed by atoms with Gasteiger partial charge in [0.1, 0.15) is 17.4 Å². The van der Waals surface area contributed by atoms with Crippen LogP contribution in [0, 0.1) is 9.41 Å². The van der Waals surface area contributed by atoms with E-state index in [0.717, 1.165) is 4.57 Å². The third-order valence-electron chi connectivity index (χ3n) is 3.67. The van der Waals surface area contributed by atoms with Gasteiger partial charge in [0.25, 0.3) is 0 Å². The number of ether oxygens (including phenoxy) is 1. The molecule has 1 saturated heterocycles. The lowest BCUT2D eigenvalue weighted by atomic mass is 9.97. The molecule has 14 nitrogen and oxygen atoms in total. The van der Waals surface area contributed by atoms with Gasteiger partial charge in [0.2, 0.25) is 0 Å². The fourth-order valence-electron chi connectivity index (χ4n) is 2.46. The zero-order chi connectivity index (χ0) is 23.8. The quantitative estimate of drug-likeness (QED) is 0.190. The minimum absolute atomic E-state index is 0.170. The number of hydrogen-bond donors (Lipinski definition) is 6. The standard InChI is InChI=1S/C10H15F2N2O12P3S2/c11-4-10(15)7(12)5(24-8(10)14-2-1-6(30)13-9(14)31)3-23-28(19,20)26-29(21,22)25-27(16,17)18/h1-2,5,7-8,15H,3-4H2,(H,19,20)(H,21,22)(H,13,30,31)(H2,16,17,18)/t5-,7+,8-,10?/m1/s1. The van der Waals surface area contributed by atoms with E-state index in [-0.39, 0.29) is 9.41 Å². The SMILES string of the molecule is O=P(O)(O)OP(=O)(O)OP(=O)(O)OC[C@H]1O[C@@H](n2ccc(=S)[nH]c2=S)C(O)(CF)[C@H]1F. The van der Waals surface area contributed by atoms with Crippen LogP contribution in [0.2, 0.25) is 0 Å². The Balaban J connectivity index is 2.18. The van der Waals surface area contributed by atoms with Crippen molar-refractivity contribution in [2.45, 2.75) is 24.1 Å². The van der Waals surface area contributed by atoms with Crippen LogP contribution in [-0.2, 0) is 31.6 Å². The monoisotopic (exact) mass is 550 g/mol. The summed E-state index contributed by atoms with van der Waals surface area (Å²) >= 11 is 9.81. The highest BCUT2D eigenvalue weighted by Gasteiger charge is 2.58. The van der Waals surface area contributed by atoms with Gasteiger partial charge in [-0.1, -0.05) is 12.2 Å². The van der Waals surface area contributed by atoms with Crippen molar-refractivity contribution in [3.63, 3.8) is 0 Å². The number of aliphatic hydroxyl groups is 1. The van der Waals surface area contributed by atoms with Gasteiger partial charge in [-0.2, -0.15) is 8.62 Å². The van der Waals surface area contributed by atoms with E-state index in [1.165, 1.54) is 12.3 Å². The van der Waals surface area contributed by atoms with Crippen molar-refractivity contribution in [1.82, 2.24) is 9.55 Å². The summed E-state index contributed by atoms with van der Waals surface area (Å²) in [4.78, 5) is 37.9. The van der Waals surface area contributed by atoms with Gasteiger partial charge in [0.15, 0.2) is 22.8 Å². The third-order valence-corrected chi connectivity index (χ3v) is 8.02. The first-order valence-corrected chi connectivity index (χ1v) is 13.0. The van der Waals surface area contributed by atoms with Crippen LogP contribution in [0.3, 0.4) is 0 Å². The number of halogens is 2. The van der Waals surface area contributed by atoms with Gasteiger partial charge in [0, 0.05) is 6.20 Å². The molecule has 21 heteroatoms. The Morgan fingerprint density at radius 3 is 2.32 bits per heavy atom. The number of rotatable bonds is 9. The summed E-state index contributed by atoms with van der Waals surface area (Å²) in [6.07, 6.45) is -5.08. The molecule has 0 spiro atoms. The van der Waals surface area contributed by atoms with Crippen molar-refractivity contribution in [3.05, 3.63) is 21.7 Å². The van der Waals surface area contributed by atoms with Crippen LogP contribution < -0.4 is 0 Å². The van der Waals surface area contributed by atoms with Crippen molar-refractivity contribution in [3.8, 4) is 0 Å². The minimum atomic E-state index is -5.79. The normalized spacial score (nSPS) is 30.6. The lowest BCUT2D eigenvalue weighted by molar-refractivity contribution is -0.112. The summed E-state index contributed by atoms with van der Waals surface area (Å²) in [6, 6.07) is 1.28.